The van der Waals surface area contributed by atoms with E-state index in [-0.39, 0.29) is 11.9 Å². The van der Waals surface area contributed by atoms with Gasteiger partial charge >= 0.3 is 0 Å². The van der Waals surface area contributed by atoms with E-state index in [9.17, 15) is 4.79 Å². The van der Waals surface area contributed by atoms with Gasteiger partial charge in [-0.3, -0.25) is 9.78 Å². The first kappa shape index (κ1) is 13.4. The number of amides is 1. The summed E-state index contributed by atoms with van der Waals surface area (Å²) in [7, 11) is 0. The molecule has 0 spiro atoms. The van der Waals surface area contributed by atoms with E-state index in [0.29, 0.717) is 5.88 Å². The van der Waals surface area contributed by atoms with Crippen molar-refractivity contribution in [3.05, 3.63) is 42.1 Å². The molecule has 1 aromatic carbocycles. The molecular weight excluding hydrogens is 272 g/mol. The van der Waals surface area contributed by atoms with E-state index in [1.807, 2.05) is 35.2 Å². The maximum Gasteiger partial charge on any atom is 0.254 e. The number of alkyl halides is 1. The van der Waals surface area contributed by atoms with Gasteiger partial charge in [0.15, 0.2) is 0 Å². The zero-order valence-corrected chi connectivity index (χ0v) is 12.0. The summed E-state index contributed by atoms with van der Waals surface area (Å²) in [6.07, 6.45) is 4.96. The van der Waals surface area contributed by atoms with Crippen molar-refractivity contribution in [3.8, 4) is 0 Å². The van der Waals surface area contributed by atoms with Gasteiger partial charge < -0.3 is 4.90 Å². The van der Waals surface area contributed by atoms with Gasteiger partial charge in [-0.2, -0.15) is 0 Å². The minimum atomic E-state index is 0.0777. The molecule has 1 saturated heterocycles. The van der Waals surface area contributed by atoms with Crippen LogP contribution >= 0.6 is 11.6 Å². The monoisotopic (exact) mass is 288 g/mol. The van der Waals surface area contributed by atoms with Crippen molar-refractivity contribution < 1.29 is 4.79 Å². The van der Waals surface area contributed by atoms with Crippen LogP contribution < -0.4 is 0 Å². The third-order valence-corrected chi connectivity index (χ3v) is 4.30. The zero-order chi connectivity index (χ0) is 13.9. The Hall–Kier alpha value is -1.61. The summed E-state index contributed by atoms with van der Waals surface area (Å²) in [6, 6.07) is 9.68. The molecule has 0 aliphatic carbocycles. The lowest BCUT2D eigenvalue weighted by Gasteiger charge is -2.34. The van der Waals surface area contributed by atoms with Crippen LogP contribution in [-0.4, -0.2) is 34.3 Å². The Balaban J connectivity index is 1.99. The van der Waals surface area contributed by atoms with Gasteiger partial charge in [-0.1, -0.05) is 12.1 Å². The molecule has 0 N–H and O–H groups in total. The highest BCUT2D eigenvalue weighted by Crippen LogP contribution is 2.24. The summed E-state index contributed by atoms with van der Waals surface area (Å²) in [4.78, 5) is 19.1. The van der Waals surface area contributed by atoms with Gasteiger partial charge in [0, 0.05) is 35.6 Å². The fourth-order valence-corrected chi connectivity index (χ4v) is 3.19. The van der Waals surface area contributed by atoms with Crippen LogP contribution in [0.2, 0.25) is 0 Å². The van der Waals surface area contributed by atoms with Crippen LogP contribution in [0.15, 0.2) is 36.5 Å². The Morgan fingerprint density at radius 3 is 3.05 bits per heavy atom. The number of aromatic nitrogens is 1. The van der Waals surface area contributed by atoms with E-state index in [1.165, 1.54) is 0 Å². The Morgan fingerprint density at radius 2 is 2.20 bits per heavy atom. The van der Waals surface area contributed by atoms with Gasteiger partial charge in [-0.25, -0.2) is 0 Å². The van der Waals surface area contributed by atoms with Crippen molar-refractivity contribution in [2.24, 2.45) is 0 Å². The van der Waals surface area contributed by atoms with Gasteiger partial charge in [0.25, 0.3) is 5.91 Å². The minimum Gasteiger partial charge on any atom is -0.334 e. The summed E-state index contributed by atoms with van der Waals surface area (Å²) < 4.78 is 0. The maximum atomic E-state index is 12.8. The number of benzene rings is 1. The lowest BCUT2D eigenvalue weighted by molar-refractivity contribution is 0.0641. The molecule has 0 radical (unpaired) electrons. The Bertz CT molecular complexity index is 623. The highest BCUT2D eigenvalue weighted by atomic mass is 35.5. The highest BCUT2D eigenvalue weighted by Gasteiger charge is 2.27. The molecule has 104 valence electrons. The molecule has 20 heavy (non-hydrogen) atoms. The Kier molecular flexibility index (Phi) is 3.88. The second kappa shape index (κ2) is 5.80. The fraction of sp³-hybridized carbons (Fsp3) is 0.375. The van der Waals surface area contributed by atoms with E-state index in [4.69, 9.17) is 11.6 Å². The van der Waals surface area contributed by atoms with Gasteiger partial charge in [0.05, 0.1) is 5.52 Å². The molecule has 0 saturated carbocycles. The summed E-state index contributed by atoms with van der Waals surface area (Å²) in [5, 5.41) is 0.916. The molecule has 0 bridgehead atoms. The maximum absolute atomic E-state index is 12.8. The molecule has 1 atom stereocenters. The molecule has 1 aliphatic heterocycles. The number of fused-ring (bicyclic) bond motifs is 1. The Morgan fingerprint density at radius 1 is 1.30 bits per heavy atom. The molecule has 3 nitrogen and oxygen atoms in total. The first-order chi connectivity index (χ1) is 9.81. The number of nitrogens with zero attached hydrogens (tertiary/aromatic N) is 2. The van der Waals surface area contributed by atoms with E-state index in [1.54, 1.807) is 6.20 Å². The van der Waals surface area contributed by atoms with Crippen LogP contribution in [0, 0.1) is 0 Å². The van der Waals surface area contributed by atoms with Crippen LogP contribution in [0.4, 0.5) is 0 Å². The van der Waals surface area contributed by atoms with Crippen molar-refractivity contribution in [2.45, 2.75) is 25.3 Å². The molecule has 1 aliphatic rings. The van der Waals surface area contributed by atoms with Crippen molar-refractivity contribution in [1.82, 2.24) is 9.88 Å². The van der Waals surface area contributed by atoms with Crippen LogP contribution in [0.25, 0.3) is 10.9 Å². The molecule has 2 heterocycles. The molecule has 2 aromatic rings. The molecule has 1 amide bonds. The first-order valence-electron chi connectivity index (χ1n) is 7.02. The summed E-state index contributed by atoms with van der Waals surface area (Å²) in [6.45, 7) is 0.798. The average molecular weight is 289 g/mol. The number of pyridine rings is 1. The predicted molar refractivity (Wildman–Crippen MR) is 81.1 cm³/mol. The zero-order valence-electron chi connectivity index (χ0n) is 11.3. The number of piperidine rings is 1. The standard InChI is InChI=1S/C16H17ClN2O/c17-11-12-5-1-2-10-19(12)16(20)14-6-3-8-15-13(14)7-4-9-18-15/h3-4,6-9,12H,1-2,5,10-11H2. The SMILES string of the molecule is O=C(c1cccc2ncccc12)N1CCCCC1CCl. The van der Waals surface area contributed by atoms with Crippen LogP contribution in [-0.2, 0) is 0 Å². The minimum absolute atomic E-state index is 0.0777. The van der Waals surface area contributed by atoms with Crippen LogP contribution in [0.5, 0.6) is 0 Å². The van der Waals surface area contributed by atoms with E-state index in [2.05, 4.69) is 4.98 Å². The van der Waals surface area contributed by atoms with E-state index < -0.39 is 0 Å². The van der Waals surface area contributed by atoms with Crippen molar-refractivity contribution in [3.63, 3.8) is 0 Å². The van der Waals surface area contributed by atoms with Crippen LogP contribution in [0.3, 0.4) is 0 Å². The van der Waals surface area contributed by atoms with Gasteiger partial charge in [-0.05, 0) is 37.5 Å². The van der Waals surface area contributed by atoms with Gasteiger partial charge in [0.1, 0.15) is 0 Å². The number of hydrogen-bond acceptors (Lipinski definition) is 2. The average Bonchev–Trinajstić information content (AvgIpc) is 2.53. The van der Waals surface area contributed by atoms with Crippen molar-refractivity contribution in [2.75, 3.05) is 12.4 Å². The topological polar surface area (TPSA) is 33.2 Å². The number of hydrogen-bond donors (Lipinski definition) is 0. The normalized spacial score (nSPS) is 19.2. The lowest BCUT2D eigenvalue weighted by Crippen LogP contribution is -2.44. The fourth-order valence-electron chi connectivity index (χ4n) is 2.87. The summed E-state index contributed by atoms with van der Waals surface area (Å²) in [5.74, 6) is 0.586. The smallest absolute Gasteiger partial charge is 0.254 e. The van der Waals surface area contributed by atoms with Gasteiger partial charge in [0.2, 0.25) is 0 Å². The Labute approximate surface area is 123 Å². The van der Waals surface area contributed by atoms with Gasteiger partial charge in [-0.15, -0.1) is 11.6 Å². The molecule has 3 rings (SSSR count). The van der Waals surface area contributed by atoms with E-state index >= 15 is 0 Å². The summed E-state index contributed by atoms with van der Waals surface area (Å²) >= 11 is 6.02. The summed E-state index contributed by atoms with van der Waals surface area (Å²) in [5.41, 5.74) is 1.59. The molecule has 1 fully saturated rings. The number of rotatable bonds is 2. The third-order valence-electron chi connectivity index (χ3n) is 3.94. The molecule has 1 unspecified atom stereocenters. The van der Waals surface area contributed by atoms with Crippen molar-refractivity contribution in [1.29, 1.82) is 0 Å². The van der Waals surface area contributed by atoms with E-state index in [0.717, 1.165) is 42.3 Å². The largest absolute Gasteiger partial charge is 0.334 e. The van der Waals surface area contributed by atoms with Crippen LogP contribution in [0.1, 0.15) is 29.6 Å². The predicted octanol–water partition coefficient (Wildman–Crippen LogP) is 3.47. The number of halogens is 1. The lowest BCUT2D eigenvalue weighted by atomic mass is 10.0. The second-order valence-corrected chi connectivity index (χ2v) is 5.49. The molecule has 1 aromatic heterocycles. The highest BCUT2D eigenvalue weighted by molar-refractivity contribution is 6.18. The van der Waals surface area contributed by atoms with Crippen molar-refractivity contribution >= 4 is 28.4 Å². The number of carbonyl (C=O) groups excluding carboxylic acids is 1. The number of carbonyl (C=O) groups is 1. The number of likely N-dealkylation sites (tertiary alicyclic amines) is 1. The third kappa shape index (κ3) is 2.38. The molecule has 4 heteroatoms. The second-order valence-electron chi connectivity index (χ2n) is 5.18. The quantitative estimate of drug-likeness (QED) is 0.793. The molecular formula is C16H17ClN2O. The first-order valence-corrected chi connectivity index (χ1v) is 7.55.